The third kappa shape index (κ3) is 2.64. The lowest BCUT2D eigenvalue weighted by atomic mass is 9.88. The normalized spacial score (nSPS) is 18.6. The Morgan fingerprint density at radius 3 is 2.82 bits per heavy atom. The number of anilines is 1. The molecule has 3 N–H and O–H groups in total. The zero-order valence-corrected chi connectivity index (χ0v) is 16.1. The molecule has 6 nitrogen and oxygen atoms in total. The van der Waals surface area contributed by atoms with Crippen LogP contribution in [0.1, 0.15) is 34.3 Å². The largest absolute Gasteiger partial charge is 0.328 e. The van der Waals surface area contributed by atoms with Crippen molar-refractivity contribution >= 4 is 22.4 Å². The lowest BCUT2D eigenvalue weighted by Gasteiger charge is -2.40. The van der Waals surface area contributed by atoms with E-state index in [2.05, 4.69) is 40.3 Å². The number of aromatic nitrogens is 2. The molecule has 0 saturated carbocycles. The standard InChI is InChI=1S/C22H25N5O/c1-26-9-7-22(14-23,8-10-26)27-13-15(12-24-27)11-16-5-6-19-20-17(16)3-2-4-18(20)21(28)25-19/h2-6,12-13H,7-11,14,23H2,1H3,(H,25,28). The molecule has 2 aliphatic rings. The van der Waals surface area contributed by atoms with Crippen LogP contribution in [0.15, 0.2) is 42.7 Å². The van der Waals surface area contributed by atoms with E-state index >= 15 is 0 Å². The fraction of sp³-hybridized carbons (Fsp3) is 0.364. The molecule has 2 aromatic carbocycles. The molecule has 1 fully saturated rings. The van der Waals surface area contributed by atoms with Crippen LogP contribution in [0, 0.1) is 0 Å². The van der Waals surface area contributed by atoms with Gasteiger partial charge in [-0.2, -0.15) is 5.10 Å². The summed E-state index contributed by atoms with van der Waals surface area (Å²) < 4.78 is 2.10. The summed E-state index contributed by atoms with van der Waals surface area (Å²) in [6.07, 6.45) is 6.95. The fourth-order valence-corrected chi connectivity index (χ4v) is 4.60. The van der Waals surface area contributed by atoms with Gasteiger partial charge in [-0.3, -0.25) is 9.48 Å². The summed E-state index contributed by atoms with van der Waals surface area (Å²) in [4.78, 5) is 14.5. The van der Waals surface area contributed by atoms with Crippen LogP contribution in [0.4, 0.5) is 5.69 Å². The molecular formula is C22H25N5O. The summed E-state index contributed by atoms with van der Waals surface area (Å²) in [7, 11) is 2.16. The molecule has 3 heterocycles. The van der Waals surface area contributed by atoms with E-state index in [1.165, 1.54) is 11.1 Å². The number of hydrogen-bond donors (Lipinski definition) is 2. The Balaban J connectivity index is 1.47. The van der Waals surface area contributed by atoms with Gasteiger partial charge in [0.05, 0.1) is 11.7 Å². The summed E-state index contributed by atoms with van der Waals surface area (Å²) >= 11 is 0. The zero-order chi connectivity index (χ0) is 19.3. The molecule has 1 saturated heterocycles. The first-order valence-electron chi connectivity index (χ1n) is 9.88. The number of rotatable bonds is 4. The number of benzene rings is 2. The van der Waals surface area contributed by atoms with Crippen molar-refractivity contribution in [2.24, 2.45) is 5.73 Å². The molecule has 3 aromatic rings. The highest BCUT2D eigenvalue weighted by atomic mass is 16.1. The highest BCUT2D eigenvalue weighted by Gasteiger charge is 2.35. The zero-order valence-electron chi connectivity index (χ0n) is 16.1. The number of nitrogens with zero attached hydrogens (tertiary/aromatic N) is 3. The van der Waals surface area contributed by atoms with Gasteiger partial charge in [0, 0.05) is 48.9 Å². The van der Waals surface area contributed by atoms with Crippen molar-refractivity contribution in [3.8, 4) is 0 Å². The van der Waals surface area contributed by atoms with Crippen molar-refractivity contribution < 1.29 is 4.79 Å². The van der Waals surface area contributed by atoms with E-state index in [9.17, 15) is 4.79 Å². The van der Waals surface area contributed by atoms with Crippen LogP contribution in [0.5, 0.6) is 0 Å². The summed E-state index contributed by atoms with van der Waals surface area (Å²) in [5.74, 6) is -0.0160. The number of carbonyl (C=O) groups excluding carboxylic acids is 1. The van der Waals surface area contributed by atoms with Crippen molar-refractivity contribution in [3.63, 3.8) is 0 Å². The summed E-state index contributed by atoms with van der Waals surface area (Å²) in [5.41, 5.74) is 10.2. The van der Waals surface area contributed by atoms with E-state index in [1.807, 2.05) is 24.4 Å². The maximum atomic E-state index is 12.1. The van der Waals surface area contributed by atoms with Gasteiger partial charge in [0.15, 0.2) is 0 Å². The minimum absolute atomic E-state index is 0.0160. The Morgan fingerprint density at radius 1 is 1.21 bits per heavy atom. The first-order valence-corrected chi connectivity index (χ1v) is 9.88. The van der Waals surface area contributed by atoms with Gasteiger partial charge in [-0.15, -0.1) is 0 Å². The Hall–Kier alpha value is -2.70. The van der Waals surface area contributed by atoms with Crippen LogP contribution in [0.3, 0.4) is 0 Å². The average Bonchev–Trinajstić information content (AvgIpc) is 3.31. The van der Waals surface area contributed by atoms with Crippen LogP contribution >= 0.6 is 0 Å². The number of nitrogens with two attached hydrogens (primary N) is 1. The van der Waals surface area contributed by atoms with Crippen molar-refractivity contribution in [1.82, 2.24) is 14.7 Å². The van der Waals surface area contributed by atoms with E-state index in [1.54, 1.807) is 0 Å². The topological polar surface area (TPSA) is 76.2 Å². The van der Waals surface area contributed by atoms with Crippen molar-refractivity contribution in [1.29, 1.82) is 0 Å². The van der Waals surface area contributed by atoms with Crippen LogP contribution in [-0.2, 0) is 12.0 Å². The molecule has 144 valence electrons. The number of carbonyl (C=O) groups is 1. The molecule has 0 bridgehead atoms. The second kappa shape index (κ2) is 6.43. The summed E-state index contributed by atoms with van der Waals surface area (Å²) in [6, 6.07) is 10.1. The monoisotopic (exact) mass is 375 g/mol. The van der Waals surface area contributed by atoms with Gasteiger partial charge in [-0.25, -0.2) is 0 Å². The molecule has 0 atom stereocenters. The smallest absolute Gasteiger partial charge is 0.256 e. The quantitative estimate of drug-likeness (QED) is 0.735. The van der Waals surface area contributed by atoms with E-state index in [0.29, 0.717) is 6.54 Å². The second-order valence-corrected chi connectivity index (χ2v) is 8.16. The molecule has 2 aliphatic heterocycles. The van der Waals surface area contributed by atoms with Crippen molar-refractivity contribution in [3.05, 3.63) is 59.4 Å². The maximum absolute atomic E-state index is 12.1. The van der Waals surface area contributed by atoms with Gasteiger partial charge in [0.25, 0.3) is 5.91 Å². The SMILES string of the molecule is CN1CCC(CN)(n2cc(Cc3ccc4c5c(cccc35)C(=O)N4)cn2)CC1. The lowest BCUT2D eigenvalue weighted by Crippen LogP contribution is -2.49. The number of amides is 1. The number of piperidine rings is 1. The highest BCUT2D eigenvalue weighted by Crippen LogP contribution is 2.36. The first kappa shape index (κ1) is 17.4. The van der Waals surface area contributed by atoms with Gasteiger partial charge >= 0.3 is 0 Å². The highest BCUT2D eigenvalue weighted by molar-refractivity contribution is 6.24. The second-order valence-electron chi connectivity index (χ2n) is 8.16. The summed E-state index contributed by atoms with van der Waals surface area (Å²) in [6.45, 7) is 2.70. The van der Waals surface area contributed by atoms with Gasteiger partial charge < -0.3 is 16.0 Å². The van der Waals surface area contributed by atoms with Crippen LogP contribution in [-0.4, -0.2) is 47.3 Å². The summed E-state index contributed by atoms with van der Waals surface area (Å²) in [5, 5.41) is 9.81. The molecule has 5 rings (SSSR count). The Kier molecular flexibility index (Phi) is 4.00. The van der Waals surface area contributed by atoms with Gasteiger partial charge in [-0.1, -0.05) is 18.2 Å². The minimum Gasteiger partial charge on any atom is -0.328 e. The molecule has 6 heteroatoms. The van der Waals surface area contributed by atoms with Crippen LogP contribution < -0.4 is 11.1 Å². The van der Waals surface area contributed by atoms with Gasteiger partial charge in [-0.05, 0) is 48.5 Å². The van der Waals surface area contributed by atoms with Crippen molar-refractivity contribution in [2.45, 2.75) is 24.8 Å². The third-order valence-corrected chi connectivity index (χ3v) is 6.44. The Morgan fingerprint density at radius 2 is 2.04 bits per heavy atom. The first-order chi connectivity index (χ1) is 13.6. The molecule has 0 aliphatic carbocycles. The minimum atomic E-state index is -0.0802. The third-order valence-electron chi connectivity index (χ3n) is 6.44. The molecule has 0 spiro atoms. The molecular weight excluding hydrogens is 350 g/mol. The van der Waals surface area contributed by atoms with Gasteiger partial charge in [0.2, 0.25) is 0 Å². The maximum Gasteiger partial charge on any atom is 0.256 e. The number of likely N-dealkylation sites (tertiary alicyclic amines) is 1. The lowest BCUT2D eigenvalue weighted by molar-refractivity contribution is 0.103. The predicted octanol–water partition coefficient (Wildman–Crippen LogP) is 2.57. The Labute approximate surface area is 164 Å². The number of hydrogen-bond acceptors (Lipinski definition) is 4. The molecule has 28 heavy (non-hydrogen) atoms. The predicted molar refractivity (Wildman–Crippen MR) is 111 cm³/mol. The van der Waals surface area contributed by atoms with E-state index < -0.39 is 0 Å². The van der Waals surface area contributed by atoms with Crippen LogP contribution in [0.2, 0.25) is 0 Å². The Bertz CT molecular complexity index is 1060. The molecule has 1 amide bonds. The van der Waals surface area contributed by atoms with Crippen molar-refractivity contribution in [2.75, 3.05) is 32.0 Å². The van der Waals surface area contributed by atoms with E-state index in [-0.39, 0.29) is 11.4 Å². The number of nitrogens with one attached hydrogen (secondary N) is 1. The molecule has 0 unspecified atom stereocenters. The van der Waals surface area contributed by atoms with Gasteiger partial charge in [0.1, 0.15) is 0 Å². The van der Waals surface area contributed by atoms with E-state index in [0.717, 1.165) is 54.4 Å². The molecule has 1 aromatic heterocycles. The van der Waals surface area contributed by atoms with Crippen LogP contribution in [0.25, 0.3) is 10.8 Å². The fourth-order valence-electron chi connectivity index (χ4n) is 4.60. The average molecular weight is 375 g/mol. The van der Waals surface area contributed by atoms with E-state index in [4.69, 9.17) is 10.8 Å². The molecule has 0 radical (unpaired) electrons.